The maximum Gasteiger partial charge on any atom is 0.339 e. The summed E-state index contributed by atoms with van der Waals surface area (Å²) in [7, 11) is 0. The summed E-state index contributed by atoms with van der Waals surface area (Å²) in [6, 6.07) is 14.9. The maximum absolute atomic E-state index is 12.9. The molecule has 0 saturated carbocycles. The van der Waals surface area contributed by atoms with Crippen molar-refractivity contribution in [2.75, 3.05) is 11.9 Å². The minimum absolute atomic E-state index is 0.169. The van der Waals surface area contributed by atoms with Crippen LogP contribution in [-0.4, -0.2) is 33.2 Å². The van der Waals surface area contributed by atoms with Crippen LogP contribution in [0.15, 0.2) is 48.5 Å². The Morgan fingerprint density at radius 2 is 1.81 bits per heavy atom. The highest BCUT2D eigenvalue weighted by atomic mass is 16.5. The molecule has 0 fully saturated rings. The summed E-state index contributed by atoms with van der Waals surface area (Å²) in [5, 5.41) is 7.64. The fraction of sp³-hybridized carbons (Fsp3) is 0.333. The van der Waals surface area contributed by atoms with Crippen molar-refractivity contribution < 1.29 is 14.3 Å². The quantitative estimate of drug-likeness (QED) is 0.599. The molecule has 1 amide bonds. The number of hydrogen-bond acceptors (Lipinski definition) is 5. The number of aryl methyl sites for hydroxylation is 1. The molecule has 7 nitrogen and oxygen atoms in total. The molecule has 0 spiro atoms. The Balaban J connectivity index is 1.87. The minimum atomic E-state index is -0.449. The number of pyridine rings is 1. The largest absolute Gasteiger partial charge is 0.462 e. The second kappa shape index (κ2) is 9.12. The number of amides is 1. The first-order chi connectivity index (χ1) is 14.7. The fourth-order valence-corrected chi connectivity index (χ4v) is 3.05. The first kappa shape index (κ1) is 22.2. The number of ether oxygens (including phenoxy) is 1. The smallest absolute Gasteiger partial charge is 0.339 e. The molecule has 3 aromatic rings. The molecule has 162 valence electrons. The number of aromatic nitrogens is 3. The van der Waals surface area contributed by atoms with Crippen LogP contribution in [0.4, 0.5) is 5.82 Å². The van der Waals surface area contributed by atoms with Crippen molar-refractivity contribution in [1.29, 1.82) is 0 Å². The Morgan fingerprint density at radius 1 is 1.10 bits per heavy atom. The van der Waals surface area contributed by atoms with Gasteiger partial charge in [0.15, 0.2) is 0 Å². The maximum atomic E-state index is 12.9. The highest BCUT2D eigenvalue weighted by molar-refractivity contribution is 6.03. The lowest BCUT2D eigenvalue weighted by Gasteiger charge is -2.14. The van der Waals surface area contributed by atoms with Crippen LogP contribution in [0.3, 0.4) is 0 Å². The zero-order valence-electron chi connectivity index (χ0n) is 18.6. The molecule has 0 radical (unpaired) electrons. The predicted octanol–water partition coefficient (Wildman–Crippen LogP) is 4.36. The Labute approximate surface area is 182 Å². The van der Waals surface area contributed by atoms with E-state index in [1.54, 1.807) is 24.6 Å². The molecule has 1 N–H and O–H groups in total. The molecular weight excluding hydrogens is 392 g/mol. The SMILES string of the molecule is CCOC(=O)c1ccc(C(=O)Nc2cc(C(C)(C)C)nn2Cc2ccccc2)nc1C. The van der Waals surface area contributed by atoms with Crippen molar-refractivity contribution in [3.05, 3.63) is 76.7 Å². The summed E-state index contributed by atoms with van der Waals surface area (Å²) < 4.78 is 6.81. The number of esters is 1. The van der Waals surface area contributed by atoms with E-state index in [4.69, 9.17) is 9.84 Å². The molecule has 0 bridgehead atoms. The van der Waals surface area contributed by atoms with E-state index in [9.17, 15) is 9.59 Å². The Morgan fingerprint density at radius 3 is 2.42 bits per heavy atom. The van der Waals surface area contributed by atoms with Crippen LogP contribution in [0, 0.1) is 6.92 Å². The van der Waals surface area contributed by atoms with Crippen molar-refractivity contribution in [3.63, 3.8) is 0 Å². The van der Waals surface area contributed by atoms with Gasteiger partial charge in [-0.2, -0.15) is 5.10 Å². The molecule has 0 atom stereocenters. The van der Waals surface area contributed by atoms with Gasteiger partial charge in [-0.15, -0.1) is 0 Å². The number of carbonyl (C=O) groups excluding carboxylic acids is 2. The topological polar surface area (TPSA) is 86.1 Å². The van der Waals surface area contributed by atoms with Gasteiger partial charge in [0.1, 0.15) is 11.5 Å². The third-order valence-corrected chi connectivity index (χ3v) is 4.78. The van der Waals surface area contributed by atoms with E-state index in [2.05, 4.69) is 31.1 Å². The third-order valence-electron chi connectivity index (χ3n) is 4.78. The van der Waals surface area contributed by atoms with Crippen LogP contribution in [0.5, 0.6) is 0 Å². The van der Waals surface area contributed by atoms with Gasteiger partial charge < -0.3 is 10.1 Å². The van der Waals surface area contributed by atoms with Gasteiger partial charge in [-0.3, -0.25) is 4.79 Å². The van der Waals surface area contributed by atoms with Gasteiger partial charge in [-0.05, 0) is 31.5 Å². The van der Waals surface area contributed by atoms with Gasteiger partial charge in [0.25, 0.3) is 5.91 Å². The summed E-state index contributed by atoms with van der Waals surface area (Å²) in [5.74, 6) is -0.226. The zero-order valence-corrected chi connectivity index (χ0v) is 18.6. The Bertz CT molecular complexity index is 1080. The second-order valence-corrected chi connectivity index (χ2v) is 8.31. The van der Waals surface area contributed by atoms with E-state index in [0.717, 1.165) is 11.3 Å². The zero-order chi connectivity index (χ0) is 22.6. The second-order valence-electron chi connectivity index (χ2n) is 8.31. The van der Waals surface area contributed by atoms with Crippen LogP contribution in [0.2, 0.25) is 0 Å². The first-order valence-electron chi connectivity index (χ1n) is 10.3. The van der Waals surface area contributed by atoms with Gasteiger partial charge in [-0.1, -0.05) is 51.1 Å². The summed E-state index contributed by atoms with van der Waals surface area (Å²) in [6.07, 6.45) is 0. The molecule has 7 heteroatoms. The molecule has 2 heterocycles. The standard InChI is InChI=1S/C24H28N4O3/c1-6-31-23(30)18-12-13-19(25-16(18)2)22(29)26-21-14-20(24(3,4)5)27-28(21)15-17-10-8-7-9-11-17/h7-14H,6,15H2,1-5H3,(H,26,29). The van der Waals surface area contributed by atoms with Crippen molar-refractivity contribution in [1.82, 2.24) is 14.8 Å². The van der Waals surface area contributed by atoms with Gasteiger partial charge in [0.05, 0.1) is 30.1 Å². The molecule has 0 unspecified atom stereocenters. The number of benzene rings is 1. The number of hydrogen-bond donors (Lipinski definition) is 1. The lowest BCUT2D eigenvalue weighted by atomic mass is 9.92. The number of nitrogens with zero attached hydrogens (tertiary/aromatic N) is 3. The summed E-state index contributed by atoms with van der Waals surface area (Å²) in [4.78, 5) is 29.2. The van der Waals surface area contributed by atoms with E-state index in [0.29, 0.717) is 23.6 Å². The van der Waals surface area contributed by atoms with Gasteiger partial charge in [-0.25, -0.2) is 14.5 Å². The third kappa shape index (κ3) is 5.36. The fourth-order valence-electron chi connectivity index (χ4n) is 3.05. The molecule has 0 aliphatic heterocycles. The molecule has 2 aromatic heterocycles. The molecule has 31 heavy (non-hydrogen) atoms. The number of rotatable bonds is 6. The van der Waals surface area contributed by atoms with E-state index in [-0.39, 0.29) is 23.6 Å². The molecule has 1 aromatic carbocycles. The molecular formula is C24H28N4O3. The van der Waals surface area contributed by atoms with E-state index in [1.165, 1.54) is 6.07 Å². The van der Waals surface area contributed by atoms with Crippen molar-refractivity contribution in [2.24, 2.45) is 0 Å². The van der Waals surface area contributed by atoms with Crippen LogP contribution < -0.4 is 5.32 Å². The highest BCUT2D eigenvalue weighted by Gasteiger charge is 2.22. The average molecular weight is 421 g/mol. The average Bonchev–Trinajstić information content (AvgIpc) is 3.11. The summed E-state index contributed by atoms with van der Waals surface area (Å²) in [6.45, 7) is 10.5. The van der Waals surface area contributed by atoms with E-state index >= 15 is 0 Å². The summed E-state index contributed by atoms with van der Waals surface area (Å²) in [5.41, 5.74) is 2.80. The van der Waals surface area contributed by atoms with Crippen LogP contribution in [-0.2, 0) is 16.7 Å². The Hall–Kier alpha value is -3.48. The Kier molecular flexibility index (Phi) is 6.53. The molecule has 0 saturated heterocycles. The monoisotopic (exact) mass is 420 g/mol. The van der Waals surface area contributed by atoms with Gasteiger partial charge in [0.2, 0.25) is 0 Å². The summed E-state index contributed by atoms with van der Waals surface area (Å²) >= 11 is 0. The van der Waals surface area contributed by atoms with Crippen molar-refractivity contribution >= 4 is 17.7 Å². The first-order valence-corrected chi connectivity index (χ1v) is 10.3. The number of carbonyl (C=O) groups is 2. The lowest BCUT2D eigenvalue weighted by Crippen LogP contribution is -2.18. The normalized spacial score (nSPS) is 11.3. The molecule has 0 aliphatic rings. The number of anilines is 1. The minimum Gasteiger partial charge on any atom is -0.462 e. The van der Waals surface area contributed by atoms with Crippen LogP contribution in [0.1, 0.15) is 65.5 Å². The van der Waals surface area contributed by atoms with E-state index < -0.39 is 5.97 Å². The lowest BCUT2D eigenvalue weighted by molar-refractivity contribution is 0.0524. The molecule has 3 rings (SSSR count). The van der Waals surface area contributed by atoms with Crippen LogP contribution in [0.25, 0.3) is 0 Å². The number of nitrogens with one attached hydrogen (secondary N) is 1. The highest BCUT2D eigenvalue weighted by Crippen LogP contribution is 2.25. The van der Waals surface area contributed by atoms with Crippen molar-refractivity contribution in [2.45, 2.75) is 46.6 Å². The van der Waals surface area contributed by atoms with Gasteiger partial charge >= 0.3 is 5.97 Å². The van der Waals surface area contributed by atoms with Crippen molar-refractivity contribution in [3.8, 4) is 0 Å². The molecule has 0 aliphatic carbocycles. The van der Waals surface area contributed by atoms with Gasteiger partial charge in [0, 0.05) is 11.5 Å². The predicted molar refractivity (Wildman–Crippen MR) is 119 cm³/mol. The van der Waals surface area contributed by atoms with E-state index in [1.807, 2.05) is 36.4 Å². The van der Waals surface area contributed by atoms with Crippen LogP contribution >= 0.6 is 0 Å².